The van der Waals surface area contributed by atoms with Gasteiger partial charge in [-0.15, -0.1) is 0 Å². The first-order valence-corrected chi connectivity index (χ1v) is 9.60. The van der Waals surface area contributed by atoms with E-state index in [1.54, 1.807) is 24.0 Å². The zero-order chi connectivity index (χ0) is 20.8. The van der Waals surface area contributed by atoms with E-state index in [1.807, 2.05) is 26.8 Å². The van der Waals surface area contributed by atoms with Gasteiger partial charge in [-0.3, -0.25) is 0 Å². The minimum Gasteiger partial charge on any atom is -0.501 e. The van der Waals surface area contributed by atoms with Crippen LogP contribution in [0.4, 0.5) is 10.2 Å². The Morgan fingerprint density at radius 3 is 2.97 bits per heavy atom. The van der Waals surface area contributed by atoms with Crippen molar-refractivity contribution in [3.05, 3.63) is 46.7 Å². The molecule has 4 rings (SSSR count). The summed E-state index contributed by atoms with van der Waals surface area (Å²) in [6.45, 7) is 5.66. The highest BCUT2D eigenvalue weighted by atomic mass is 35.5. The molecule has 3 heterocycles. The van der Waals surface area contributed by atoms with Gasteiger partial charge < -0.3 is 10.1 Å². The normalized spacial score (nSPS) is 22.2. The SMILES string of the molecule is COC1=CC(Cl)=C(F)CC1[C@@H](C)Nc1ccn2ncc(C3=NC(C)(C)ON3)c2n1. The third kappa shape index (κ3) is 3.79. The predicted molar refractivity (Wildman–Crippen MR) is 108 cm³/mol. The van der Waals surface area contributed by atoms with E-state index in [-0.39, 0.29) is 29.2 Å². The topological polar surface area (TPSA) is 85.1 Å². The van der Waals surface area contributed by atoms with Crippen LogP contribution in [0.3, 0.4) is 0 Å². The highest BCUT2D eigenvalue weighted by Crippen LogP contribution is 2.35. The van der Waals surface area contributed by atoms with Crippen molar-refractivity contribution in [2.45, 2.75) is 39.0 Å². The number of anilines is 1. The molecule has 2 aliphatic rings. The lowest BCUT2D eigenvalue weighted by molar-refractivity contribution is -0.0269. The third-order valence-electron chi connectivity index (χ3n) is 4.91. The summed E-state index contributed by atoms with van der Waals surface area (Å²) in [6.07, 6.45) is 5.18. The average molecular weight is 421 g/mol. The second-order valence-corrected chi connectivity index (χ2v) is 7.90. The number of fused-ring (bicyclic) bond motifs is 1. The molecule has 1 aliphatic carbocycles. The van der Waals surface area contributed by atoms with Crippen molar-refractivity contribution in [1.29, 1.82) is 0 Å². The maximum atomic E-state index is 14.1. The molecule has 2 atom stereocenters. The van der Waals surface area contributed by atoms with Gasteiger partial charge in [-0.2, -0.15) is 5.10 Å². The van der Waals surface area contributed by atoms with Gasteiger partial charge in [-0.25, -0.2) is 29.2 Å². The van der Waals surface area contributed by atoms with Crippen molar-refractivity contribution in [3.8, 4) is 0 Å². The van der Waals surface area contributed by atoms with Gasteiger partial charge in [0.2, 0.25) is 0 Å². The number of hydrogen-bond donors (Lipinski definition) is 2. The Morgan fingerprint density at radius 1 is 1.48 bits per heavy atom. The summed E-state index contributed by atoms with van der Waals surface area (Å²) in [5.74, 6) is 1.27. The number of ether oxygens (including phenoxy) is 1. The van der Waals surface area contributed by atoms with Crippen LogP contribution in [0.2, 0.25) is 0 Å². The van der Waals surface area contributed by atoms with E-state index in [2.05, 4.69) is 25.9 Å². The summed E-state index contributed by atoms with van der Waals surface area (Å²) in [5, 5.41) is 7.73. The van der Waals surface area contributed by atoms with Crippen molar-refractivity contribution in [2.24, 2.45) is 10.9 Å². The molecule has 0 saturated heterocycles. The molecule has 0 amide bonds. The van der Waals surface area contributed by atoms with Crippen LogP contribution in [-0.4, -0.2) is 39.3 Å². The summed E-state index contributed by atoms with van der Waals surface area (Å²) < 4.78 is 21.1. The minimum absolute atomic E-state index is 0.0868. The van der Waals surface area contributed by atoms with Crippen LogP contribution in [0.15, 0.2) is 46.1 Å². The second-order valence-electron chi connectivity index (χ2n) is 7.50. The van der Waals surface area contributed by atoms with Crippen molar-refractivity contribution in [1.82, 2.24) is 20.1 Å². The average Bonchev–Trinajstić information content (AvgIpc) is 3.25. The van der Waals surface area contributed by atoms with E-state index in [9.17, 15) is 4.39 Å². The lowest BCUT2D eigenvalue weighted by Gasteiger charge is -2.28. The highest BCUT2D eigenvalue weighted by Gasteiger charge is 2.30. The molecule has 1 aliphatic heterocycles. The number of methoxy groups -OCH3 is 1. The van der Waals surface area contributed by atoms with E-state index < -0.39 is 5.72 Å². The molecule has 29 heavy (non-hydrogen) atoms. The fourth-order valence-corrected chi connectivity index (χ4v) is 3.57. The monoisotopic (exact) mass is 420 g/mol. The van der Waals surface area contributed by atoms with Crippen LogP contribution in [0.25, 0.3) is 5.65 Å². The molecular weight excluding hydrogens is 399 g/mol. The van der Waals surface area contributed by atoms with Crippen molar-refractivity contribution in [3.63, 3.8) is 0 Å². The second kappa shape index (κ2) is 7.31. The first-order chi connectivity index (χ1) is 13.8. The Kier molecular flexibility index (Phi) is 4.95. The molecule has 0 spiro atoms. The Hall–Kier alpha value is -2.65. The van der Waals surface area contributed by atoms with E-state index >= 15 is 0 Å². The van der Waals surface area contributed by atoms with Crippen molar-refractivity contribution >= 4 is 28.9 Å². The van der Waals surface area contributed by atoms with Gasteiger partial charge in [0, 0.05) is 24.6 Å². The number of aliphatic imine (C=N–C) groups is 1. The van der Waals surface area contributed by atoms with E-state index in [1.165, 1.54) is 6.08 Å². The van der Waals surface area contributed by atoms with E-state index in [0.717, 1.165) is 5.56 Å². The van der Waals surface area contributed by atoms with Gasteiger partial charge in [0.15, 0.2) is 17.2 Å². The first-order valence-electron chi connectivity index (χ1n) is 9.22. The van der Waals surface area contributed by atoms with Gasteiger partial charge in [0.1, 0.15) is 17.4 Å². The lowest BCUT2D eigenvalue weighted by atomic mass is 9.91. The van der Waals surface area contributed by atoms with Crippen molar-refractivity contribution in [2.75, 3.05) is 12.4 Å². The Morgan fingerprint density at radius 2 is 2.28 bits per heavy atom. The summed E-state index contributed by atoms with van der Waals surface area (Å²) in [7, 11) is 1.56. The Balaban J connectivity index is 1.59. The number of hydrogen-bond acceptors (Lipinski definition) is 7. The lowest BCUT2D eigenvalue weighted by Crippen LogP contribution is -2.30. The Bertz CT molecular complexity index is 1040. The smallest absolute Gasteiger partial charge is 0.182 e. The van der Waals surface area contributed by atoms with Crippen LogP contribution in [-0.2, 0) is 9.57 Å². The minimum atomic E-state index is -0.656. The number of nitrogens with one attached hydrogen (secondary N) is 2. The third-order valence-corrected chi connectivity index (χ3v) is 5.22. The molecule has 0 fully saturated rings. The van der Waals surface area contributed by atoms with Crippen LogP contribution >= 0.6 is 11.6 Å². The zero-order valence-corrected chi connectivity index (χ0v) is 17.3. The quantitative estimate of drug-likeness (QED) is 0.769. The molecule has 0 aromatic carbocycles. The summed E-state index contributed by atoms with van der Waals surface area (Å²) >= 11 is 5.90. The van der Waals surface area contributed by atoms with Gasteiger partial charge in [-0.05, 0) is 32.9 Å². The van der Waals surface area contributed by atoms with Gasteiger partial charge in [0.05, 0.1) is 23.9 Å². The fraction of sp³-hybridized carbons (Fsp3) is 0.421. The maximum absolute atomic E-state index is 14.1. The van der Waals surface area contributed by atoms with Crippen LogP contribution in [0.1, 0.15) is 32.8 Å². The first kappa shape index (κ1) is 19.7. The molecule has 8 nitrogen and oxygen atoms in total. The molecule has 0 bridgehead atoms. The number of rotatable bonds is 5. The Labute approximate surface area is 172 Å². The molecule has 0 saturated carbocycles. The summed E-state index contributed by atoms with van der Waals surface area (Å²) in [5.41, 5.74) is 3.52. The number of aromatic nitrogens is 3. The molecular formula is C19H22ClFN6O2. The summed E-state index contributed by atoms with van der Waals surface area (Å²) in [6, 6.07) is 1.66. The number of allylic oxidation sites excluding steroid dienone is 3. The van der Waals surface area contributed by atoms with E-state index in [0.29, 0.717) is 23.1 Å². The number of halogens is 2. The maximum Gasteiger partial charge on any atom is 0.182 e. The number of hydroxylamine groups is 1. The molecule has 10 heteroatoms. The molecule has 0 radical (unpaired) electrons. The predicted octanol–water partition coefficient (Wildman–Crippen LogP) is 3.52. The fourth-order valence-electron chi connectivity index (χ4n) is 3.39. The molecule has 2 aromatic heterocycles. The summed E-state index contributed by atoms with van der Waals surface area (Å²) in [4.78, 5) is 14.6. The van der Waals surface area contributed by atoms with Gasteiger partial charge >= 0.3 is 0 Å². The van der Waals surface area contributed by atoms with Gasteiger partial charge in [-0.1, -0.05) is 11.6 Å². The zero-order valence-electron chi connectivity index (χ0n) is 16.5. The largest absolute Gasteiger partial charge is 0.501 e. The molecule has 154 valence electrons. The molecule has 2 N–H and O–H groups in total. The van der Waals surface area contributed by atoms with Crippen molar-refractivity contribution < 1.29 is 14.0 Å². The van der Waals surface area contributed by atoms with E-state index in [4.69, 9.17) is 21.2 Å². The molecule has 1 unspecified atom stereocenters. The number of nitrogens with zero attached hydrogens (tertiary/aromatic N) is 4. The van der Waals surface area contributed by atoms with Crippen LogP contribution in [0.5, 0.6) is 0 Å². The highest BCUT2D eigenvalue weighted by molar-refractivity contribution is 6.31. The standard InChI is InChI=1S/C19H22ClFN6O2/c1-10(11-7-14(21)13(20)8-15(11)28-4)23-16-5-6-27-18(24-16)12(9-22-27)17-25-19(2,3)29-26-17/h5-6,8-11H,7H2,1-4H3,(H,23,24)(H,25,26)/t10-,11?/m1/s1. The molecule has 2 aromatic rings. The number of amidine groups is 1. The van der Waals surface area contributed by atoms with Crippen LogP contribution in [0, 0.1) is 5.92 Å². The van der Waals surface area contributed by atoms with Gasteiger partial charge in [0.25, 0.3) is 0 Å². The van der Waals surface area contributed by atoms with Crippen LogP contribution < -0.4 is 10.8 Å².